The van der Waals surface area contributed by atoms with Gasteiger partial charge in [0.15, 0.2) is 0 Å². The molecule has 20 heavy (non-hydrogen) atoms. The molecule has 0 aliphatic heterocycles. The van der Waals surface area contributed by atoms with E-state index in [2.05, 4.69) is 21.2 Å². The van der Waals surface area contributed by atoms with E-state index in [-0.39, 0.29) is 21.8 Å². The summed E-state index contributed by atoms with van der Waals surface area (Å²) >= 11 is 9.20. The first-order valence-electron chi connectivity index (χ1n) is 5.48. The van der Waals surface area contributed by atoms with Crippen molar-refractivity contribution in [2.45, 2.75) is 0 Å². The number of nitrogens with zero attached hydrogens (tertiary/aromatic N) is 1. The molecule has 0 saturated heterocycles. The number of halogens is 3. The molecular formula is C14H7BrClFN2O. The van der Waals surface area contributed by atoms with E-state index in [0.29, 0.717) is 0 Å². The average molecular weight is 354 g/mol. The van der Waals surface area contributed by atoms with Crippen molar-refractivity contribution in [2.75, 3.05) is 5.32 Å². The third-order valence-electron chi connectivity index (χ3n) is 2.55. The molecule has 0 bridgehead atoms. The van der Waals surface area contributed by atoms with E-state index in [4.69, 9.17) is 16.9 Å². The van der Waals surface area contributed by atoms with Crippen molar-refractivity contribution in [3.05, 3.63) is 62.8 Å². The van der Waals surface area contributed by atoms with Crippen molar-refractivity contribution in [1.29, 1.82) is 5.26 Å². The number of nitriles is 1. The molecule has 6 heteroatoms. The van der Waals surface area contributed by atoms with E-state index in [9.17, 15) is 9.18 Å². The first kappa shape index (κ1) is 14.5. The lowest BCUT2D eigenvalue weighted by atomic mass is 10.1. The predicted molar refractivity (Wildman–Crippen MR) is 78.2 cm³/mol. The minimum absolute atomic E-state index is 0.108. The van der Waals surface area contributed by atoms with Crippen LogP contribution in [0.25, 0.3) is 0 Å². The van der Waals surface area contributed by atoms with Crippen LogP contribution >= 0.6 is 27.5 Å². The zero-order valence-electron chi connectivity index (χ0n) is 9.95. The molecule has 0 spiro atoms. The topological polar surface area (TPSA) is 52.9 Å². The number of carbonyl (C=O) groups is 1. The van der Waals surface area contributed by atoms with Gasteiger partial charge in [-0.3, -0.25) is 4.79 Å². The Hall–Kier alpha value is -1.90. The summed E-state index contributed by atoms with van der Waals surface area (Å²) in [7, 11) is 0. The van der Waals surface area contributed by atoms with Gasteiger partial charge in [0.2, 0.25) is 0 Å². The summed E-state index contributed by atoms with van der Waals surface area (Å²) in [6.45, 7) is 0. The minimum Gasteiger partial charge on any atom is -0.321 e. The number of hydrogen-bond acceptors (Lipinski definition) is 2. The molecule has 0 heterocycles. The zero-order valence-corrected chi connectivity index (χ0v) is 12.3. The van der Waals surface area contributed by atoms with Crippen LogP contribution in [0, 0.1) is 17.1 Å². The summed E-state index contributed by atoms with van der Waals surface area (Å²) in [5.41, 5.74) is 0.133. The fourth-order valence-electron chi connectivity index (χ4n) is 1.61. The van der Waals surface area contributed by atoms with E-state index in [1.54, 1.807) is 18.2 Å². The highest BCUT2D eigenvalue weighted by molar-refractivity contribution is 9.10. The molecule has 0 fully saturated rings. The number of carbonyl (C=O) groups excluding carboxylic acids is 1. The molecule has 3 nitrogen and oxygen atoms in total. The fourth-order valence-corrected chi connectivity index (χ4v) is 2.36. The third-order valence-corrected chi connectivity index (χ3v) is 3.36. The first-order chi connectivity index (χ1) is 9.52. The molecule has 0 saturated carbocycles. The number of benzene rings is 2. The summed E-state index contributed by atoms with van der Waals surface area (Å²) in [5.74, 6) is -1.20. The first-order valence-corrected chi connectivity index (χ1v) is 6.65. The third kappa shape index (κ3) is 2.98. The summed E-state index contributed by atoms with van der Waals surface area (Å²) in [6.07, 6.45) is 0. The molecule has 2 rings (SSSR count). The summed E-state index contributed by atoms with van der Waals surface area (Å²) in [5, 5.41) is 11.6. The second-order valence-corrected chi connectivity index (χ2v) is 5.18. The normalized spacial score (nSPS) is 9.90. The molecule has 100 valence electrons. The van der Waals surface area contributed by atoms with Crippen LogP contribution < -0.4 is 5.32 Å². The Morgan fingerprint density at radius 3 is 2.75 bits per heavy atom. The highest BCUT2D eigenvalue weighted by Gasteiger charge is 2.14. The van der Waals surface area contributed by atoms with Crippen molar-refractivity contribution in [3.8, 4) is 6.07 Å². The molecule has 0 aliphatic rings. The lowest BCUT2D eigenvalue weighted by molar-refractivity contribution is 0.102. The average Bonchev–Trinajstić information content (AvgIpc) is 2.38. The van der Waals surface area contributed by atoms with E-state index in [1.807, 2.05) is 0 Å². The number of anilines is 1. The van der Waals surface area contributed by atoms with E-state index >= 15 is 0 Å². The molecule has 0 aliphatic carbocycles. The second-order valence-electron chi connectivity index (χ2n) is 3.85. The van der Waals surface area contributed by atoms with Crippen LogP contribution in [0.15, 0.2) is 40.9 Å². The van der Waals surface area contributed by atoms with Gasteiger partial charge in [-0.2, -0.15) is 5.26 Å². The Morgan fingerprint density at radius 1 is 1.35 bits per heavy atom. The maximum atomic E-state index is 13.4. The van der Waals surface area contributed by atoms with Crippen molar-refractivity contribution in [3.63, 3.8) is 0 Å². The molecule has 1 N–H and O–H groups in total. The van der Waals surface area contributed by atoms with Crippen molar-refractivity contribution < 1.29 is 9.18 Å². The molecule has 2 aromatic carbocycles. The maximum Gasteiger partial charge on any atom is 0.257 e. The van der Waals surface area contributed by atoms with Crippen LogP contribution in [0.5, 0.6) is 0 Å². The van der Waals surface area contributed by atoms with Gasteiger partial charge in [0.05, 0.1) is 16.3 Å². The largest absolute Gasteiger partial charge is 0.321 e. The van der Waals surface area contributed by atoms with Gasteiger partial charge >= 0.3 is 0 Å². The predicted octanol–water partition coefficient (Wildman–Crippen LogP) is 4.37. The van der Waals surface area contributed by atoms with Crippen LogP contribution in [0.1, 0.15) is 15.9 Å². The van der Waals surface area contributed by atoms with Gasteiger partial charge in [0.1, 0.15) is 17.4 Å². The molecular weight excluding hydrogens is 347 g/mol. The highest BCUT2D eigenvalue weighted by Crippen LogP contribution is 2.24. The van der Waals surface area contributed by atoms with E-state index < -0.39 is 11.7 Å². The van der Waals surface area contributed by atoms with Crippen molar-refractivity contribution in [2.24, 2.45) is 0 Å². The monoisotopic (exact) mass is 352 g/mol. The van der Waals surface area contributed by atoms with Gasteiger partial charge in [0.25, 0.3) is 5.91 Å². The van der Waals surface area contributed by atoms with Gasteiger partial charge in [-0.25, -0.2) is 4.39 Å². The summed E-state index contributed by atoms with van der Waals surface area (Å²) in [6, 6.07) is 10.5. The van der Waals surface area contributed by atoms with Crippen molar-refractivity contribution >= 4 is 39.1 Å². The Bertz CT molecular complexity index is 728. The van der Waals surface area contributed by atoms with Gasteiger partial charge in [-0.15, -0.1) is 0 Å². The summed E-state index contributed by atoms with van der Waals surface area (Å²) < 4.78 is 14.2. The lowest BCUT2D eigenvalue weighted by Gasteiger charge is -2.08. The molecule has 0 radical (unpaired) electrons. The molecule has 0 atom stereocenters. The van der Waals surface area contributed by atoms with Crippen molar-refractivity contribution in [1.82, 2.24) is 0 Å². The van der Waals surface area contributed by atoms with Crippen LogP contribution in [-0.4, -0.2) is 5.91 Å². The highest BCUT2D eigenvalue weighted by atomic mass is 79.9. The van der Waals surface area contributed by atoms with Crippen LogP contribution in [-0.2, 0) is 0 Å². The van der Waals surface area contributed by atoms with Gasteiger partial charge in [-0.1, -0.05) is 33.6 Å². The Kier molecular flexibility index (Phi) is 4.38. The smallest absolute Gasteiger partial charge is 0.257 e. The Morgan fingerprint density at radius 2 is 2.10 bits per heavy atom. The number of nitrogens with one attached hydrogen (secondary N) is 1. The SMILES string of the molecule is N#Cc1c(F)cccc1NC(=O)c1ccc(Br)cc1Cl. The zero-order chi connectivity index (χ0) is 14.7. The lowest BCUT2D eigenvalue weighted by Crippen LogP contribution is -2.13. The van der Waals surface area contributed by atoms with E-state index in [0.717, 1.165) is 10.5 Å². The van der Waals surface area contributed by atoms with Gasteiger partial charge < -0.3 is 5.32 Å². The maximum absolute atomic E-state index is 13.4. The standard InChI is InChI=1S/C14H7BrClFN2O/c15-8-4-5-9(11(16)6-8)14(20)19-13-3-1-2-12(17)10(13)7-18/h1-6H,(H,19,20). The van der Waals surface area contributed by atoms with Gasteiger partial charge in [-0.05, 0) is 30.3 Å². The fraction of sp³-hybridized carbons (Fsp3) is 0. The molecule has 1 amide bonds. The van der Waals surface area contributed by atoms with Crippen LogP contribution in [0.4, 0.5) is 10.1 Å². The van der Waals surface area contributed by atoms with Gasteiger partial charge in [0, 0.05) is 4.47 Å². The second kappa shape index (κ2) is 6.04. The van der Waals surface area contributed by atoms with E-state index in [1.165, 1.54) is 18.2 Å². The van der Waals surface area contributed by atoms with Crippen LogP contribution in [0.2, 0.25) is 5.02 Å². The minimum atomic E-state index is -0.688. The quantitative estimate of drug-likeness (QED) is 0.872. The Balaban J connectivity index is 2.33. The molecule has 0 unspecified atom stereocenters. The van der Waals surface area contributed by atoms with Crippen LogP contribution in [0.3, 0.4) is 0 Å². The summed E-state index contributed by atoms with van der Waals surface area (Å²) in [4.78, 5) is 12.1. The number of amides is 1. The molecule has 2 aromatic rings. The Labute approximate surface area is 128 Å². The number of rotatable bonds is 2. The molecule has 0 aromatic heterocycles. The number of hydrogen-bond donors (Lipinski definition) is 1.